The van der Waals surface area contributed by atoms with Crippen LogP contribution in [0, 0.1) is 5.92 Å². The Morgan fingerprint density at radius 2 is 1.83 bits per heavy atom. The van der Waals surface area contributed by atoms with Crippen molar-refractivity contribution in [3.8, 4) is 0 Å². The summed E-state index contributed by atoms with van der Waals surface area (Å²) in [7, 11) is 1.45. The first-order valence-corrected chi connectivity index (χ1v) is 9.88. The van der Waals surface area contributed by atoms with Gasteiger partial charge in [-0.05, 0) is 36.8 Å². The molecule has 2 aromatic rings. The fraction of sp³-hybridized carbons (Fsp3) is 0.286. The molecule has 0 unspecified atom stereocenters. The summed E-state index contributed by atoms with van der Waals surface area (Å²) in [5.41, 5.74) is -1.26. The predicted molar refractivity (Wildman–Crippen MR) is 114 cm³/mol. The second-order valence-electron chi connectivity index (χ2n) is 6.69. The molecule has 1 saturated heterocycles. The molecular formula is C21H21ClN2O4S. The van der Waals surface area contributed by atoms with E-state index in [1.54, 1.807) is 61.5 Å². The molecule has 2 N–H and O–H groups in total. The van der Waals surface area contributed by atoms with Gasteiger partial charge >= 0.3 is 5.97 Å². The smallest absolute Gasteiger partial charge is 0.360 e. The van der Waals surface area contributed by atoms with Crippen LogP contribution in [0.4, 0.5) is 0 Å². The fourth-order valence-corrected chi connectivity index (χ4v) is 3.86. The molecule has 29 heavy (non-hydrogen) atoms. The minimum Gasteiger partial charge on any atom is -0.462 e. The Bertz CT molecular complexity index is 922. The van der Waals surface area contributed by atoms with Crippen LogP contribution in [0.5, 0.6) is 0 Å². The lowest BCUT2D eigenvalue weighted by Crippen LogP contribution is -2.70. The summed E-state index contributed by atoms with van der Waals surface area (Å²) in [5.74, 6) is -2.57. The number of rotatable bonds is 5. The first-order valence-electron chi connectivity index (χ1n) is 9.09. The van der Waals surface area contributed by atoms with Gasteiger partial charge in [-0.15, -0.1) is 0 Å². The van der Waals surface area contributed by atoms with Gasteiger partial charge in [-0.25, -0.2) is 4.79 Å². The Kier molecular flexibility index (Phi) is 6.21. The molecule has 1 fully saturated rings. The van der Waals surface area contributed by atoms with Gasteiger partial charge in [0.15, 0.2) is 10.9 Å². The Labute approximate surface area is 179 Å². The number of thiocarbonyl (C=S) groups is 1. The van der Waals surface area contributed by atoms with Crippen molar-refractivity contribution in [2.45, 2.75) is 18.7 Å². The molecule has 8 heteroatoms. The molecule has 0 bridgehead atoms. The van der Waals surface area contributed by atoms with E-state index in [2.05, 4.69) is 5.32 Å². The molecule has 0 spiro atoms. The van der Waals surface area contributed by atoms with Crippen LogP contribution in [0.3, 0.4) is 0 Å². The molecule has 0 aromatic heterocycles. The van der Waals surface area contributed by atoms with Crippen molar-refractivity contribution in [2.75, 3.05) is 13.7 Å². The molecule has 2 aromatic carbocycles. The molecule has 3 atom stereocenters. The second-order valence-corrected chi connectivity index (χ2v) is 7.52. The van der Waals surface area contributed by atoms with Crippen molar-refractivity contribution in [1.29, 1.82) is 0 Å². The first kappa shape index (κ1) is 21.2. The monoisotopic (exact) mass is 432 g/mol. The van der Waals surface area contributed by atoms with E-state index < -0.39 is 29.4 Å². The van der Waals surface area contributed by atoms with Gasteiger partial charge in [-0.2, -0.15) is 0 Å². The van der Waals surface area contributed by atoms with E-state index in [1.165, 1.54) is 11.9 Å². The maximum Gasteiger partial charge on any atom is 0.360 e. The van der Waals surface area contributed by atoms with Gasteiger partial charge in [0.05, 0.1) is 12.6 Å². The van der Waals surface area contributed by atoms with Crippen LogP contribution in [0.2, 0.25) is 5.02 Å². The average molecular weight is 433 g/mol. The van der Waals surface area contributed by atoms with Crippen LogP contribution in [0.1, 0.15) is 28.9 Å². The number of nitrogens with one attached hydrogen (secondary N) is 1. The molecule has 0 radical (unpaired) electrons. The number of nitrogens with zero attached hydrogens (tertiary/aromatic N) is 1. The Morgan fingerprint density at radius 1 is 1.21 bits per heavy atom. The molecular weight excluding hydrogens is 412 g/mol. The molecule has 1 heterocycles. The SMILES string of the molecule is CCOC(=O)[C@]1(O)[C@@H](C(=O)c2ccccc2)[C@@H](c2ccc(Cl)cc2)NC(=S)N1C. The summed E-state index contributed by atoms with van der Waals surface area (Å²) in [6, 6.07) is 14.5. The summed E-state index contributed by atoms with van der Waals surface area (Å²) < 4.78 is 5.13. The lowest BCUT2D eigenvalue weighted by Gasteiger charge is -2.49. The normalized spacial score (nSPS) is 24.0. The number of carbonyl (C=O) groups excluding carboxylic acids is 2. The van der Waals surface area contributed by atoms with Gasteiger partial charge in [0, 0.05) is 17.6 Å². The average Bonchev–Trinajstić information content (AvgIpc) is 2.72. The second kappa shape index (κ2) is 8.49. The van der Waals surface area contributed by atoms with Gasteiger partial charge in [0.2, 0.25) is 0 Å². The van der Waals surface area contributed by atoms with Gasteiger partial charge < -0.3 is 20.1 Å². The van der Waals surface area contributed by atoms with E-state index >= 15 is 0 Å². The van der Waals surface area contributed by atoms with Crippen molar-refractivity contribution in [3.05, 3.63) is 70.7 Å². The van der Waals surface area contributed by atoms with Gasteiger partial charge in [0.1, 0.15) is 5.92 Å². The van der Waals surface area contributed by atoms with Crippen molar-refractivity contribution in [3.63, 3.8) is 0 Å². The number of hydrogen-bond acceptors (Lipinski definition) is 5. The predicted octanol–water partition coefficient (Wildman–Crippen LogP) is 2.95. The van der Waals surface area contributed by atoms with E-state index in [0.29, 0.717) is 16.1 Å². The summed E-state index contributed by atoms with van der Waals surface area (Å²) in [6.07, 6.45) is 0. The summed E-state index contributed by atoms with van der Waals surface area (Å²) in [6.45, 7) is 1.68. The first-order chi connectivity index (χ1) is 13.8. The number of likely N-dealkylation sites (N-methyl/N-ethyl adjacent to an activating group) is 1. The number of Topliss-reactive ketones (excluding diaryl/α,β-unsaturated/α-hetero) is 1. The van der Waals surface area contributed by atoms with Crippen molar-refractivity contribution >= 4 is 40.7 Å². The topological polar surface area (TPSA) is 78.9 Å². The largest absolute Gasteiger partial charge is 0.462 e. The van der Waals surface area contributed by atoms with Crippen LogP contribution in [0.25, 0.3) is 0 Å². The highest BCUT2D eigenvalue weighted by molar-refractivity contribution is 7.80. The van der Waals surface area contributed by atoms with Crippen molar-refractivity contribution < 1.29 is 19.4 Å². The number of ketones is 1. The van der Waals surface area contributed by atoms with Gasteiger partial charge in [-0.3, -0.25) is 4.79 Å². The zero-order chi connectivity index (χ0) is 21.2. The number of halogens is 1. The van der Waals surface area contributed by atoms with E-state index in [0.717, 1.165) is 0 Å². The highest BCUT2D eigenvalue weighted by Crippen LogP contribution is 2.40. The van der Waals surface area contributed by atoms with E-state index in [9.17, 15) is 14.7 Å². The fourth-order valence-electron chi connectivity index (χ4n) is 3.47. The molecule has 1 aliphatic heterocycles. The van der Waals surface area contributed by atoms with Gasteiger partial charge in [-0.1, -0.05) is 54.1 Å². The molecule has 1 aliphatic rings. The molecule has 0 amide bonds. The van der Waals surface area contributed by atoms with Crippen LogP contribution < -0.4 is 5.32 Å². The van der Waals surface area contributed by atoms with Crippen LogP contribution in [0.15, 0.2) is 54.6 Å². The number of carbonyl (C=O) groups is 2. The number of ether oxygens (including phenoxy) is 1. The van der Waals surface area contributed by atoms with E-state index in [1.807, 2.05) is 0 Å². The summed E-state index contributed by atoms with van der Waals surface area (Å²) >= 11 is 11.3. The Hall–Kier alpha value is -2.48. The number of benzene rings is 2. The third-order valence-electron chi connectivity index (χ3n) is 5.01. The highest BCUT2D eigenvalue weighted by Gasteiger charge is 2.59. The lowest BCUT2D eigenvalue weighted by atomic mass is 9.77. The standard InChI is InChI=1S/C21H21ClN2O4S/c1-3-28-19(26)21(27)16(18(25)14-7-5-4-6-8-14)17(23-20(29)24(21)2)13-9-11-15(22)12-10-13/h4-12,16-17,27H,3H2,1-2H3,(H,23,29)/t16-,17-,21-/m1/s1. The van der Waals surface area contributed by atoms with E-state index in [-0.39, 0.29) is 11.7 Å². The van der Waals surface area contributed by atoms with E-state index in [4.69, 9.17) is 28.6 Å². The highest BCUT2D eigenvalue weighted by atomic mass is 35.5. The number of esters is 1. The van der Waals surface area contributed by atoms with Crippen molar-refractivity contribution in [1.82, 2.24) is 10.2 Å². The minimum atomic E-state index is -2.28. The maximum atomic E-state index is 13.5. The van der Waals surface area contributed by atoms with Crippen LogP contribution in [-0.4, -0.2) is 46.3 Å². The third-order valence-corrected chi connectivity index (χ3v) is 5.65. The van der Waals surface area contributed by atoms with Crippen LogP contribution in [-0.2, 0) is 9.53 Å². The van der Waals surface area contributed by atoms with Crippen molar-refractivity contribution in [2.24, 2.45) is 5.92 Å². The Balaban J connectivity index is 2.18. The minimum absolute atomic E-state index is 0.0486. The number of aliphatic hydroxyl groups is 1. The zero-order valence-electron chi connectivity index (χ0n) is 16.0. The lowest BCUT2D eigenvalue weighted by molar-refractivity contribution is -0.191. The maximum absolute atomic E-state index is 13.5. The summed E-state index contributed by atoms with van der Waals surface area (Å²) in [4.78, 5) is 27.6. The van der Waals surface area contributed by atoms with Crippen LogP contribution >= 0.6 is 23.8 Å². The Morgan fingerprint density at radius 3 is 2.41 bits per heavy atom. The number of hydrogen-bond donors (Lipinski definition) is 2. The summed E-state index contributed by atoms with van der Waals surface area (Å²) in [5, 5.41) is 15.3. The quantitative estimate of drug-likeness (QED) is 0.427. The van der Waals surface area contributed by atoms with Gasteiger partial charge in [0.25, 0.3) is 5.72 Å². The third kappa shape index (κ3) is 3.85. The molecule has 6 nitrogen and oxygen atoms in total. The molecule has 0 aliphatic carbocycles. The molecule has 152 valence electrons. The zero-order valence-corrected chi connectivity index (χ0v) is 17.5. The molecule has 3 rings (SSSR count). The molecule has 0 saturated carbocycles.